The van der Waals surface area contributed by atoms with Gasteiger partial charge in [0.25, 0.3) is 11.8 Å². The van der Waals surface area contributed by atoms with Crippen molar-refractivity contribution in [1.29, 1.82) is 0 Å². The van der Waals surface area contributed by atoms with E-state index in [2.05, 4.69) is 10.3 Å². The minimum atomic E-state index is -0.285. The van der Waals surface area contributed by atoms with Crippen molar-refractivity contribution in [2.75, 3.05) is 11.9 Å². The Hall–Kier alpha value is -2.86. The first-order chi connectivity index (χ1) is 12.5. The Morgan fingerprint density at radius 2 is 1.85 bits per heavy atom. The summed E-state index contributed by atoms with van der Waals surface area (Å²) in [5.41, 5.74) is 5.04. The highest BCUT2D eigenvalue weighted by molar-refractivity contribution is 8.18. The zero-order chi connectivity index (χ0) is 18.4. The van der Waals surface area contributed by atoms with Gasteiger partial charge in [0.05, 0.1) is 21.9 Å². The fourth-order valence-corrected chi connectivity index (χ4v) is 4.09. The third-order valence-electron chi connectivity index (χ3n) is 4.48. The number of carbonyl (C=O) groups is 2. The van der Waals surface area contributed by atoms with Gasteiger partial charge in [0.15, 0.2) is 5.17 Å². The number of amidine groups is 1. The van der Waals surface area contributed by atoms with Crippen LogP contribution in [0.5, 0.6) is 0 Å². The van der Waals surface area contributed by atoms with Gasteiger partial charge in [0, 0.05) is 12.6 Å². The van der Waals surface area contributed by atoms with Gasteiger partial charge in [0.1, 0.15) is 0 Å². The Balaban J connectivity index is 1.76. The number of aliphatic imine (C=N–C) groups is 1. The normalized spacial score (nSPS) is 20.7. The first-order valence-electron chi connectivity index (χ1n) is 8.22. The monoisotopic (exact) mass is 363 g/mol. The summed E-state index contributed by atoms with van der Waals surface area (Å²) < 4.78 is 0. The molecule has 4 rings (SSSR count). The number of benzene rings is 2. The summed E-state index contributed by atoms with van der Waals surface area (Å²) in [7, 11) is 1.72. The predicted molar refractivity (Wildman–Crippen MR) is 106 cm³/mol. The van der Waals surface area contributed by atoms with E-state index in [-0.39, 0.29) is 11.8 Å². The highest BCUT2D eigenvalue weighted by Gasteiger charge is 2.37. The van der Waals surface area contributed by atoms with Gasteiger partial charge in [-0.2, -0.15) is 0 Å². The van der Waals surface area contributed by atoms with Crippen LogP contribution in [0.4, 0.5) is 11.4 Å². The van der Waals surface area contributed by atoms with Crippen molar-refractivity contribution in [3.05, 3.63) is 64.1 Å². The number of thioether (sulfide) groups is 1. The molecular weight excluding hydrogens is 346 g/mol. The Bertz CT molecular complexity index is 1020. The molecule has 6 heteroatoms. The van der Waals surface area contributed by atoms with E-state index < -0.39 is 0 Å². The summed E-state index contributed by atoms with van der Waals surface area (Å²) in [6.07, 6.45) is 0. The van der Waals surface area contributed by atoms with E-state index >= 15 is 0 Å². The molecule has 130 valence electrons. The molecule has 0 saturated carbocycles. The lowest BCUT2D eigenvalue weighted by Crippen LogP contribution is -2.23. The van der Waals surface area contributed by atoms with Crippen molar-refractivity contribution < 1.29 is 9.59 Å². The molecule has 2 aromatic rings. The molecule has 0 aromatic heterocycles. The largest absolute Gasteiger partial charge is 0.311 e. The standard InChI is InChI=1S/C20H17N3O2S/c1-11-8-9-14(12(2)10-11)21-20-22-18(24)17(26-20)16-13-6-4-5-7-15(13)23(3)19(16)25/h4-10H,1-3H3,(H,21,22,24)/b17-16-. The zero-order valence-electron chi connectivity index (χ0n) is 14.7. The number of nitrogens with zero attached hydrogens (tertiary/aromatic N) is 2. The lowest BCUT2D eigenvalue weighted by atomic mass is 10.1. The number of likely N-dealkylation sites (N-methyl/N-ethyl adjacent to an activating group) is 1. The van der Waals surface area contributed by atoms with Crippen LogP contribution in [-0.4, -0.2) is 24.0 Å². The van der Waals surface area contributed by atoms with Crippen molar-refractivity contribution in [2.45, 2.75) is 13.8 Å². The molecule has 2 aliphatic rings. The van der Waals surface area contributed by atoms with Crippen LogP contribution in [0.15, 0.2) is 52.4 Å². The number of hydrogen-bond donors (Lipinski definition) is 1. The molecule has 2 amide bonds. The Morgan fingerprint density at radius 3 is 2.62 bits per heavy atom. The number of anilines is 1. The maximum Gasteiger partial charge on any atom is 0.264 e. The summed E-state index contributed by atoms with van der Waals surface area (Å²) in [6, 6.07) is 13.5. The number of hydrogen-bond acceptors (Lipinski definition) is 4. The fourth-order valence-electron chi connectivity index (χ4n) is 3.17. The van der Waals surface area contributed by atoms with E-state index in [9.17, 15) is 9.59 Å². The molecule has 2 aliphatic heterocycles. The number of carbonyl (C=O) groups excluding carboxylic acids is 2. The summed E-state index contributed by atoms with van der Waals surface area (Å²) in [4.78, 5) is 31.7. The van der Waals surface area contributed by atoms with Crippen LogP contribution in [0, 0.1) is 13.8 Å². The van der Waals surface area contributed by atoms with E-state index in [4.69, 9.17) is 0 Å². The molecular formula is C20H17N3O2S. The first kappa shape index (κ1) is 16.6. The summed E-state index contributed by atoms with van der Waals surface area (Å²) in [5, 5.41) is 3.27. The Morgan fingerprint density at radius 1 is 1.08 bits per heavy atom. The summed E-state index contributed by atoms with van der Waals surface area (Å²) >= 11 is 1.21. The van der Waals surface area contributed by atoms with Crippen LogP contribution in [0.2, 0.25) is 0 Å². The lowest BCUT2D eigenvalue weighted by Gasteiger charge is -2.08. The van der Waals surface area contributed by atoms with Crippen LogP contribution in [-0.2, 0) is 9.59 Å². The maximum atomic E-state index is 12.7. The topological polar surface area (TPSA) is 61.8 Å². The molecule has 0 atom stereocenters. The summed E-state index contributed by atoms with van der Waals surface area (Å²) in [6.45, 7) is 4.01. The van der Waals surface area contributed by atoms with E-state index in [0.717, 1.165) is 28.1 Å². The minimum Gasteiger partial charge on any atom is -0.311 e. The first-order valence-corrected chi connectivity index (χ1v) is 9.04. The molecule has 5 nitrogen and oxygen atoms in total. The second kappa shape index (κ2) is 6.14. The number of nitrogens with one attached hydrogen (secondary N) is 1. The molecule has 0 bridgehead atoms. The Kier molecular flexibility index (Phi) is 3.92. The molecule has 0 radical (unpaired) electrons. The smallest absolute Gasteiger partial charge is 0.264 e. The SMILES string of the molecule is Cc1ccc(N=C2NC(=O)/C(=C3/C(=O)N(C)c4ccccc43)S2)c(C)c1. The van der Waals surface area contributed by atoms with Gasteiger partial charge in [-0.15, -0.1) is 0 Å². The fraction of sp³-hybridized carbons (Fsp3) is 0.150. The average molecular weight is 363 g/mol. The molecule has 2 heterocycles. The van der Waals surface area contributed by atoms with Crippen LogP contribution in [0.1, 0.15) is 16.7 Å². The second-order valence-corrected chi connectivity index (χ2v) is 7.35. The van der Waals surface area contributed by atoms with Crippen LogP contribution < -0.4 is 10.2 Å². The number of rotatable bonds is 1. The van der Waals surface area contributed by atoms with Gasteiger partial charge in [-0.1, -0.05) is 35.9 Å². The number of aryl methyl sites for hydroxylation is 2. The molecule has 0 aliphatic carbocycles. The van der Waals surface area contributed by atoms with Gasteiger partial charge in [-0.25, -0.2) is 4.99 Å². The summed E-state index contributed by atoms with van der Waals surface area (Å²) in [5.74, 6) is -0.455. The number of para-hydroxylation sites is 1. The lowest BCUT2D eigenvalue weighted by molar-refractivity contribution is -0.116. The third-order valence-corrected chi connectivity index (χ3v) is 5.46. The van der Waals surface area contributed by atoms with E-state index in [1.54, 1.807) is 11.9 Å². The van der Waals surface area contributed by atoms with Crippen LogP contribution >= 0.6 is 11.8 Å². The highest BCUT2D eigenvalue weighted by atomic mass is 32.2. The Labute approximate surface area is 155 Å². The van der Waals surface area contributed by atoms with E-state index in [1.165, 1.54) is 11.8 Å². The molecule has 0 unspecified atom stereocenters. The van der Waals surface area contributed by atoms with Crippen molar-refractivity contribution in [3.63, 3.8) is 0 Å². The molecule has 1 saturated heterocycles. The molecule has 26 heavy (non-hydrogen) atoms. The van der Waals surface area contributed by atoms with Gasteiger partial charge < -0.3 is 10.2 Å². The number of fused-ring (bicyclic) bond motifs is 1. The zero-order valence-corrected chi connectivity index (χ0v) is 15.5. The van der Waals surface area contributed by atoms with Gasteiger partial charge in [-0.05, 0) is 43.3 Å². The van der Waals surface area contributed by atoms with Gasteiger partial charge in [-0.3, -0.25) is 9.59 Å². The highest BCUT2D eigenvalue weighted by Crippen LogP contribution is 2.42. The quantitative estimate of drug-likeness (QED) is 0.789. The van der Waals surface area contributed by atoms with Crippen molar-refractivity contribution in [3.8, 4) is 0 Å². The van der Waals surface area contributed by atoms with E-state index in [0.29, 0.717) is 15.6 Å². The molecule has 1 N–H and O–H groups in total. The van der Waals surface area contributed by atoms with Gasteiger partial charge >= 0.3 is 0 Å². The molecule has 0 spiro atoms. The van der Waals surface area contributed by atoms with Crippen LogP contribution in [0.25, 0.3) is 5.57 Å². The third kappa shape index (κ3) is 2.63. The molecule has 2 aromatic carbocycles. The second-order valence-electron chi connectivity index (χ2n) is 6.35. The van der Waals surface area contributed by atoms with Crippen molar-refractivity contribution >= 4 is 45.7 Å². The van der Waals surface area contributed by atoms with E-state index in [1.807, 2.05) is 56.3 Å². The maximum absolute atomic E-state index is 12.7. The number of amides is 2. The minimum absolute atomic E-state index is 0.170. The predicted octanol–water partition coefficient (Wildman–Crippen LogP) is 3.54. The van der Waals surface area contributed by atoms with Crippen molar-refractivity contribution in [2.24, 2.45) is 4.99 Å². The van der Waals surface area contributed by atoms with Gasteiger partial charge in [0.2, 0.25) is 0 Å². The average Bonchev–Trinajstić information content (AvgIpc) is 3.08. The van der Waals surface area contributed by atoms with Crippen molar-refractivity contribution in [1.82, 2.24) is 5.32 Å². The van der Waals surface area contributed by atoms with Crippen LogP contribution in [0.3, 0.4) is 0 Å². The molecule has 1 fully saturated rings.